The number of rotatable bonds is 6. The van der Waals surface area contributed by atoms with Gasteiger partial charge in [0.2, 0.25) is 5.82 Å². The van der Waals surface area contributed by atoms with E-state index in [9.17, 15) is 14.9 Å². The lowest BCUT2D eigenvalue weighted by Gasteiger charge is -2.13. The lowest BCUT2D eigenvalue weighted by atomic mass is 10.2. The first-order valence-corrected chi connectivity index (χ1v) is 5.16. The summed E-state index contributed by atoms with van der Waals surface area (Å²) in [5, 5.41) is 26.4. The van der Waals surface area contributed by atoms with Crippen molar-refractivity contribution in [3.63, 3.8) is 0 Å². The normalized spacial score (nSPS) is 11.9. The first-order chi connectivity index (χ1) is 8.38. The van der Waals surface area contributed by atoms with Crippen LogP contribution in [-0.4, -0.2) is 31.8 Å². The molecular formula is C10H14N4O4. The van der Waals surface area contributed by atoms with E-state index in [1.807, 2.05) is 0 Å². The van der Waals surface area contributed by atoms with Crippen molar-refractivity contribution in [2.24, 2.45) is 7.05 Å². The minimum atomic E-state index is -1.11. The number of hydrogen-bond acceptors (Lipinski definition) is 5. The van der Waals surface area contributed by atoms with Crippen molar-refractivity contribution in [2.75, 3.05) is 5.32 Å². The SMILES string of the molecule is C=CCC(Nc1c([N+](=O)[O-])c(C)nn1C)C(=O)O. The molecule has 0 amide bonds. The summed E-state index contributed by atoms with van der Waals surface area (Å²) in [6, 6.07) is -0.976. The maximum Gasteiger partial charge on any atom is 0.333 e. The molecule has 0 spiro atoms. The smallest absolute Gasteiger partial charge is 0.333 e. The molecule has 0 radical (unpaired) electrons. The molecule has 18 heavy (non-hydrogen) atoms. The maximum atomic E-state index is 11.0. The largest absolute Gasteiger partial charge is 0.480 e. The Bertz CT molecular complexity index is 494. The minimum absolute atomic E-state index is 0.0757. The van der Waals surface area contributed by atoms with Crippen LogP contribution in [0.4, 0.5) is 11.5 Å². The van der Waals surface area contributed by atoms with Crippen LogP contribution in [0.3, 0.4) is 0 Å². The third-order valence-corrected chi connectivity index (χ3v) is 2.38. The maximum absolute atomic E-state index is 11.0. The lowest BCUT2D eigenvalue weighted by molar-refractivity contribution is -0.384. The number of carboxylic acid groups (broad SMARTS) is 1. The molecular weight excluding hydrogens is 240 g/mol. The number of nitrogens with zero attached hydrogens (tertiary/aromatic N) is 3. The zero-order valence-electron chi connectivity index (χ0n) is 10.1. The Kier molecular flexibility index (Phi) is 4.03. The topological polar surface area (TPSA) is 110 Å². The van der Waals surface area contributed by atoms with Gasteiger partial charge in [-0.2, -0.15) is 5.10 Å². The van der Waals surface area contributed by atoms with Gasteiger partial charge in [0, 0.05) is 7.05 Å². The Morgan fingerprint density at radius 1 is 1.78 bits per heavy atom. The molecule has 2 N–H and O–H groups in total. The molecule has 1 rings (SSSR count). The van der Waals surface area contributed by atoms with Gasteiger partial charge in [0.25, 0.3) is 0 Å². The highest BCUT2D eigenvalue weighted by atomic mass is 16.6. The molecule has 8 nitrogen and oxygen atoms in total. The molecule has 0 aromatic carbocycles. The molecule has 0 aliphatic carbocycles. The van der Waals surface area contributed by atoms with E-state index in [4.69, 9.17) is 5.11 Å². The average Bonchev–Trinajstić information content (AvgIpc) is 2.52. The fourth-order valence-electron chi connectivity index (χ4n) is 1.58. The molecule has 8 heteroatoms. The predicted octanol–water partition coefficient (Wildman–Crippen LogP) is 1.08. The van der Waals surface area contributed by atoms with Crippen molar-refractivity contribution in [1.29, 1.82) is 0 Å². The van der Waals surface area contributed by atoms with Crippen LogP contribution >= 0.6 is 0 Å². The van der Waals surface area contributed by atoms with E-state index in [2.05, 4.69) is 17.0 Å². The van der Waals surface area contributed by atoms with Crippen LogP contribution in [0.15, 0.2) is 12.7 Å². The van der Waals surface area contributed by atoms with Gasteiger partial charge in [-0.3, -0.25) is 10.1 Å². The number of hydrogen-bond donors (Lipinski definition) is 2. The first-order valence-electron chi connectivity index (χ1n) is 5.16. The number of aliphatic carboxylic acids is 1. The zero-order chi connectivity index (χ0) is 13.9. The summed E-state index contributed by atoms with van der Waals surface area (Å²) in [5.74, 6) is -1.03. The van der Waals surface area contributed by atoms with Gasteiger partial charge in [-0.05, 0) is 13.3 Å². The summed E-state index contributed by atoms with van der Waals surface area (Å²) < 4.78 is 1.26. The van der Waals surface area contributed by atoms with Crippen LogP contribution in [-0.2, 0) is 11.8 Å². The number of nitrogens with one attached hydrogen (secondary N) is 1. The molecule has 1 aromatic rings. The predicted molar refractivity (Wildman–Crippen MR) is 64.5 cm³/mol. The minimum Gasteiger partial charge on any atom is -0.480 e. The van der Waals surface area contributed by atoms with Crippen molar-refractivity contribution in [2.45, 2.75) is 19.4 Å². The Balaban J connectivity index is 3.12. The van der Waals surface area contributed by atoms with E-state index in [0.717, 1.165) is 0 Å². The molecule has 1 heterocycles. The van der Waals surface area contributed by atoms with Gasteiger partial charge in [0.05, 0.1) is 4.92 Å². The van der Waals surface area contributed by atoms with Gasteiger partial charge in [-0.15, -0.1) is 6.58 Å². The summed E-state index contributed by atoms with van der Waals surface area (Å²) in [6.07, 6.45) is 1.58. The molecule has 0 aliphatic rings. The number of aryl methyl sites for hydroxylation is 2. The summed E-state index contributed by atoms with van der Waals surface area (Å²) in [6.45, 7) is 4.94. The van der Waals surface area contributed by atoms with E-state index < -0.39 is 16.9 Å². The second-order valence-corrected chi connectivity index (χ2v) is 3.72. The number of aromatic nitrogens is 2. The molecule has 98 valence electrons. The van der Waals surface area contributed by atoms with Crippen LogP contribution in [0.2, 0.25) is 0 Å². The highest BCUT2D eigenvalue weighted by Gasteiger charge is 2.27. The fourth-order valence-corrected chi connectivity index (χ4v) is 1.58. The van der Waals surface area contributed by atoms with Crippen LogP contribution in [0.25, 0.3) is 0 Å². The quantitative estimate of drug-likeness (QED) is 0.446. The van der Waals surface area contributed by atoms with Crippen LogP contribution in [0.5, 0.6) is 0 Å². The van der Waals surface area contributed by atoms with Crippen LogP contribution in [0.1, 0.15) is 12.1 Å². The second-order valence-electron chi connectivity index (χ2n) is 3.72. The third-order valence-electron chi connectivity index (χ3n) is 2.38. The van der Waals surface area contributed by atoms with Gasteiger partial charge >= 0.3 is 11.7 Å². The average molecular weight is 254 g/mol. The fraction of sp³-hybridized carbons (Fsp3) is 0.400. The van der Waals surface area contributed by atoms with E-state index >= 15 is 0 Å². The van der Waals surface area contributed by atoms with E-state index in [1.165, 1.54) is 24.7 Å². The van der Waals surface area contributed by atoms with Crippen LogP contribution in [0, 0.1) is 17.0 Å². The molecule has 0 saturated heterocycles. The zero-order valence-corrected chi connectivity index (χ0v) is 10.1. The van der Waals surface area contributed by atoms with Crippen LogP contribution < -0.4 is 5.32 Å². The van der Waals surface area contributed by atoms with Crippen molar-refractivity contribution >= 4 is 17.5 Å². The second kappa shape index (κ2) is 5.30. The number of carbonyl (C=O) groups is 1. The molecule has 1 unspecified atom stereocenters. The number of carboxylic acids is 1. The summed E-state index contributed by atoms with van der Waals surface area (Å²) in [5.41, 5.74) is 0.0144. The standard InChI is InChI=1S/C10H14N4O4/c1-4-5-7(10(15)16)11-9-8(14(17)18)6(2)12-13(9)3/h4,7,11H,1,5H2,2-3H3,(H,15,16). The van der Waals surface area contributed by atoms with Crippen molar-refractivity contribution in [1.82, 2.24) is 9.78 Å². The monoisotopic (exact) mass is 254 g/mol. The summed E-state index contributed by atoms with van der Waals surface area (Å²) in [7, 11) is 1.51. The third kappa shape index (κ3) is 2.65. The molecule has 1 atom stereocenters. The molecule has 1 aromatic heterocycles. The van der Waals surface area contributed by atoms with Gasteiger partial charge < -0.3 is 10.4 Å². The first kappa shape index (κ1) is 13.7. The van der Waals surface area contributed by atoms with E-state index in [-0.39, 0.29) is 23.6 Å². The Morgan fingerprint density at radius 3 is 2.83 bits per heavy atom. The van der Waals surface area contributed by atoms with Crippen molar-refractivity contribution < 1.29 is 14.8 Å². The van der Waals surface area contributed by atoms with Crippen molar-refractivity contribution in [3.05, 3.63) is 28.5 Å². The molecule has 0 aliphatic heterocycles. The Labute approximate surface area is 103 Å². The van der Waals surface area contributed by atoms with Gasteiger partial charge in [0.1, 0.15) is 11.7 Å². The van der Waals surface area contributed by atoms with Gasteiger partial charge in [0.15, 0.2) is 0 Å². The van der Waals surface area contributed by atoms with E-state index in [1.54, 1.807) is 0 Å². The highest BCUT2D eigenvalue weighted by Crippen LogP contribution is 2.28. The highest BCUT2D eigenvalue weighted by molar-refractivity contribution is 5.78. The lowest BCUT2D eigenvalue weighted by Crippen LogP contribution is -2.29. The molecule has 0 saturated carbocycles. The van der Waals surface area contributed by atoms with Crippen molar-refractivity contribution in [3.8, 4) is 0 Å². The van der Waals surface area contributed by atoms with E-state index in [0.29, 0.717) is 0 Å². The molecule has 0 bridgehead atoms. The summed E-state index contributed by atoms with van der Waals surface area (Å²) >= 11 is 0. The number of anilines is 1. The Hall–Kier alpha value is -2.38. The Morgan fingerprint density at radius 2 is 2.39 bits per heavy atom. The molecule has 0 fully saturated rings. The summed E-state index contributed by atoms with van der Waals surface area (Å²) in [4.78, 5) is 21.3. The van der Waals surface area contributed by atoms with Gasteiger partial charge in [-0.1, -0.05) is 6.08 Å². The van der Waals surface area contributed by atoms with Gasteiger partial charge in [-0.25, -0.2) is 9.48 Å². The number of nitro groups is 1.